The summed E-state index contributed by atoms with van der Waals surface area (Å²) in [7, 11) is 1.74. The molecule has 140 valence electrons. The van der Waals surface area contributed by atoms with Gasteiger partial charge in [-0.1, -0.05) is 19.3 Å². The van der Waals surface area contributed by atoms with Gasteiger partial charge in [0.25, 0.3) is 5.91 Å². The lowest BCUT2D eigenvalue weighted by atomic mass is 9.77. The smallest absolute Gasteiger partial charge is 0.251 e. The number of nitrogens with zero attached hydrogens (tertiary/aromatic N) is 4. The first kappa shape index (κ1) is 18.5. The Balaban J connectivity index is 1.66. The summed E-state index contributed by atoms with van der Waals surface area (Å²) in [5.41, 5.74) is 2.10. The van der Waals surface area contributed by atoms with Crippen LogP contribution in [0.15, 0.2) is 24.5 Å². The van der Waals surface area contributed by atoms with Gasteiger partial charge in [0.1, 0.15) is 6.33 Å². The largest absolute Gasteiger partial charge is 0.376 e. The minimum Gasteiger partial charge on any atom is -0.376 e. The highest BCUT2D eigenvalue weighted by Crippen LogP contribution is 2.34. The fourth-order valence-corrected chi connectivity index (χ4v) is 3.78. The molecule has 1 aromatic carbocycles. The van der Waals surface area contributed by atoms with Crippen LogP contribution in [0.1, 0.15) is 54.9 Å². The van der Waals surface area contributed by atoms with Crippen LogP contribution in [0, 0.1) is 12.8 Å². The average Bonchev–Trinajstić information content (AvgIpc) is 3.21. The molecule has 0 saturated heterocycles. The SMILES string of the molecule is COC(C)(CNC(=O)c1ccc(-n2cnnn2)c(C)c1)C1CCCCC1. The predicted molar refractivity (Wildman–Crippen MR) is 98.2 cm³/mol. The normalized spacial score (nSPS) is 17.7. The van der Waals surface area contributed by atoms with Crippen molar-refractivity contribution in [2.75, 3.05) is 13.7 Å². The first-order chi connectivity index (χ1) is 12.5. The van der Waals surface area contributed by atoms with Crippen LogP contribution in [0.2, 0.25) is 0 Å². The molecule has 26 heavy (non-hydrogen) atoms. The summed E-state index contributed by atoms with van der Waals surface area (Å²) >= 11 is 0. The number of nitrogens with one attached hydrogen (secondary N) is 1. The lowest BCUT2D eigenvalue weighted by Crippen LogP contribution is -2.48. The zero-order chi connectivity index (χ0) is 18.6. The van der Waals surface area contributed by atoms with E-state index in [2.05, 4.69) is 27.8 Å². The third-order valence-corrected chi connectivity index (χ3v) is 5.59. The molecule has 1 aromatic heterocycles. The number of hydrogen-bond acceptors (Lipinski definition) is 5. The maximum Gasteiger partial charge on any atom is 0.251 e. The van der Waals surface area contributed by atoms with Crippen molar-refractivity contribution in [1.82, 2.24) is 25.5 Å². The van der Waals surface area contributed by atoms with Crippen LogP contribution >= 0.6 is 0 Å². The molecule has 3 rings (SSSR count). The van der Waals surface area contributed by atoms with E-state index in [1.54, 1.807) is 17.9 Å². The molecule has 1 fully saturated rings. The van der Waals surface area contributed by atoms with E-state index >= 15 is 0 Å². The second-order valence-corrected chi connectivity index (χ2v) is 7.29. The van der Waals surface area contributed by atoms with Crippen molar-refractivity contribution in [2.24, 2.45) is 5.92 Å². The Morgan fingerprint density at radius 2 is 2.12 bits per heavy atom. The van der Waals surface area contributed by atoms with Crippen LogP contribution in [-0.2, 0) is 4.74 Å². The van der Waals surface area contributed by atoms with Gasteiger partial charge in [-0.05, 0) is 66.8 Å². The van der Waals surface area contributed by atoms with E-state index in [4.69, 9.17) is 4.74 Å². The highest BCUT2D eigenvalue weighted by atomic mass is 16.5. The highest BCUT2D eigenvalue weighted by molar-refractivity contribution is 5.94. The zero-order valence-electron chi connectivity index (χ0n) is 15.7. The molecule has 1 amide bonds. The molecule has 1 saturated carbocycles. The van der Waals surface area contributed by atoms with Gasteiger partial charge in [0.15, 0.2) is 0 Å². The Bertz CT molecular complexity index is 740. The zero-order valence-corrected chi connectivity index (χ0v) is 15.7. The first-order valence-corrected chi connectivity index (χ1v) is 9.21. The molecule has 0 radical (unpaired) electrons. The molecule has 2 aromatic rings. The molecular formula is C19H27N5O2. The van der Waals surface area contributed by atoms with E-state index < -0.39 is 0 Å². The van der Waals surface area contributed by atoms with E-state index in [-0.39, 0.29) is 11.5 Å². The lowest BCUT2D eigenvalue weighted by Gasteiger charge is -2.39. The van der Waals surface area contributed by atoms with Crippen molar-refractivity contribution >= 4 is 5.91 Å². The molecule has 1 unspecified atom stereocenters. The molecule has 7 heteroatoms. The summed E-state index contributed by atoms with van der Waals surface area (Å²) in [5, 5.41) is 14.2. The van der Waals surface area contributed by atoms with Gasteiger partial charge in [-0.2, -0.15) is 0 Å². The predicted octanol–water partition coefficient (Wildman–Crippen LogP) is 2.69. The molecule has 1 aliphatic rings. The molecule has 0 bridgehead atoms. The van der Waals surface area contributed by atoms with Gasteiger partial charge >= 0.3 is 0 Å². The fraction of sp³-hybridized carbons (Fsp3) is 0.579. The van der Waals surface area contributed by atoms with Crippen LogP contribution in [0.4, 0.5) is 0 Å². The van der Waals surface area contributed by atoms with Gasteiger partial charge in [0, 0.05) is 19.2 Å². The number of rotatable bonds is 6. The van der Waals surface area contributed by atoms with Crippen molar-refractivity contribution in [3.63, 3.8) is 0 Å². The number of ether oxygens (including phenoxy) is 1. The Kier molecular flexibility index (Phi) is 5.66. The van der Waals surface area contributed by atoms with Crippen LogP contribution < -0.4 is 5.32 Å². The van der Waals surface area contributed by atoms with Crippen molar-refractivity contribution in [3.05, 3.63) is 35.7 Å². The van der Waals surface area contributed by atoms with Gasteiger partial charge in [-0.15, -0.1) is 5.10 Å². The summed E-state index contributed by atoms with van der Waals surface area (Å²) in [6.45, 7) is 4.56. The first-order valence-electron chi connectivity index (χ1n) is 9.21. The van der Waals surface area contributed by atoms with Crippen LogP contribution in [0.5, 0.6) is 0 Å². The number of carbonyl (C=O) groups is 1. The second-order valence-electron chi connectivity index (χ2n) is 7.29. The number of methoxy groups -OCH3 is 1. The third kappa shape index (κ3) is 3.93. The number of aryl methyl sites for hydroxylation is 1. The standard InChI is InChI=1S/C19H27N5O2/c1-14-11-15(9-10-17(14)24-13-21-22-23-24)18(25)20-12-19(2,26-3)16-7-5-4-6-8-16/h9-11,13,16H,4-8,12H2,1-3H3,(H,20,25). The van der Waals surface area contributed by atoms with Crippen LogP contribution in [-0.4, -0.2) is 45.4 Å². The van der Waals surface area contributed by atoms with Crippen LogP contribution in [0.3, 0.4) is 0 Å². The monoisotopic (exact) mass is 357 g/mol. The Morgan fingerprint density at radius 1 is 1.35 bits per heavy atom. The number of tetrazole rings is 1. The van der Waals surface area contributed by atoms with Crippen molar-refractivity contribution in [2.45, 2.75) is 51.6 Å². The van der Waals surface area contributed by atoms with Gasteiger partial charge in [-0.25, -0.2) is 4.68 Å². The molecule has 0 aliphatic heterocycles. The Morgan fingerprint density at radius 3 is 2.73 bits per heavy atom. The third-order valence-electron chi connectivity index (χ3n) is 5.59. The van der Waals surface area contributed by atoms with Gasteiger partial charge in [0.05, 0.1) is 11.3 Å². The summed E-state index contributed by atoms with van der Waals surface area (Å²) in [4.78, 5) is 12.6. The van der Waals surface area contributed by atoms with Crippen molar-refractivity contribution in [3.8, 4) is 5.69 Å². The van der Waals surface area contributed by atoms with E-state index in [1.165, 1.54) is 38.4 Å². The lowest BCUT2D eigenvalue weighted by molar-refractivity contribution is -0.0521. The minimum atomic E-state index is -0.322. The van der Waals surface area contributed by atoms with Gasteiger partial charge in [-0.3, -0.25) is 4.79 Å². The number of hydrogen-bond donors (Lipinski definition) is 1. The number of benzene rings is 1. The molecule has 1 heterocycles. The number of aromatic nitrogens is 4. The highest BCUT2D eigenvalue weighted by Gasteiger charge is 2.35. The van der Waals surface area contributed by atoms with Gasteiger partial charge < -0.3 is 10.1 Å². The molecule has 0 spiro atoms. The quantitative estimate of drug-likeness (QED) is 0.859. The Hall–Kier alpha value is -2.28. The molecule has 1 N–H and O–H groups in total. The topological polar surface area (TPSA) is 81.9 Å². The van der Waals surface area contributed by atoms with E-state index in [9.17, 15) is 4.79 Å². The van der Waals surface area contributed by atoms with E-state index in [1.807, 2.05) is 19.1 Å². The minimum absolute atomic E-state index is 0.0875. The summed E-state index contributed by atoms with van der Waals surface area (Å²) in [6.07, 6.45) is 7.66. The van der Waals surface area contributed by atoms with Crippen molar-refractivity contribution < 1.29 is 9.53 Å². The summed E-state index contributed by atoms with van der Waals surface area (Å²) in [5.74, 6) is 0.404. The Labute approximate surface area is 154 Å². The molecule has 1 atom stereocenters. The molecule has 7 nitrogen and oxygen atoms in total. The summed E-state index contributed by atoms with van der Waals surface area (Å²) < 4.78 is 7.40. The van der Waals surface area contributed by atoms with Crippen molar-refractivity contribution in [1.29, 1.82) is 0 Å². The number of amides is 1. The van der Waals surface area contributed by atoms with Crippen LogP contribution in [0.25, 0.3) is 5.69 Å². The molecule has 1 aliphatic carbocycles. The number of carbonyl (C=O) groups excluding carboxylic acids is 1. The fourth-order valence-electron chi connectivity index (χ4n) is 3.78. The average molecular weight is 357 g/mol. The second kappa shape index (κ2) is 7.95. The van der Waals surface area contributed by atoms with E-state index in [0.29, 0.717) is 18.0 Å². The van der Waals surface area contributed by atoms with Gasteiger partial charge in [0.2, 0.25) is 0 Å². The molecular weight excluding hydrogens is 330 g/mol. The summed E-state index contributed by atoms with van der Waals surface area (Å²) in [6, 6.07) is 5.51. The maximum atomic E-state index is 12.6. The maximum absolute atomic E-state index is 12.6. The van der Waals surface area contributed by atoms with E-state index in [0.717, 1.165) is 11.3 Å².